The summed E-state index contributed by atoms with van der Waals surface area (Å²) < 4.78 is 0. The van der Waals surface area contributed by atoms with Gasteiger partial charge >= 0.3 is 5.97 Å². The molecule has 3 heteroatoms. The van der Waals surface area contributed by atoms with Gasteiger partial charge in [-0.25, -0.2) is 0 Å². The molecule has 12 heavy (non-hydrogen) atoms. The van der Waals surface area contributed by atoms with Crippen molar-refractivity contribution in [3.63, 3.8) is 0 Å². The van der Waals surface area contributed by atoms with E-state index in [1.807, 2.05) is 33.0 Å². The molecule has 0 atom stereocenters. The highest BCUT2D eigenvalue weighted by molar-refractivity contribution is 6.32. The standard InChI is InChI=1S/C9H11BO2/c1-6-2-7(5-9(11)12)4-8(10)3-6/h2-4H,5,10H2,1H3,(H,11,12). The Morgan fingerprint density at radius 3 is 2.67 bits per heavy atom. The quantitative estimate of drug-likeness (QED) is 0.615. The van der Waals surface area contributed by atoms with Crippen LogP contribution in [-0.2, 0) is 11.2 Å². The summed E-state index contributed by atoms with van der Waals surface area (Å²) in [5, 5.41) is 8.55. The van der Waals surface area contributed by atoms with Crippen molar-refractivity contribution in [3.05, 3.63) is 29.3 Å². The lowest BCUT2D eigenvalue weighted by Crippen LogP contribution is -2.07. The minimum absolute atomic E-state index is 0.114. The Hall–Kier alpha value is -1.25. The van der Waals surface area contributed by atoms with Crippen LogP contribution in [-0.4, -0.2) is 18.9 Å². The van der Waals surface area contributed by atoms with Crippen molar-refractivity contribution in [2.45, 2.75) is 13.3 Å². The Kier molecular flexibility index (Phi) is 2.53. The van der Waals surface area contributed by atoms with Crippen LogP contribution in [0.2, 0.25) is 0 Å². The van der Waals surface area contributed by atoms with E-state index in [0.717, 1.165) is 16.6 Å². The third kappa shape index (κ3) is 2.42. The Morgan fingerprint density at radius 2 is 2.17 bits per heavy atom. The summed E-state index contributed by atoms with van der Waals surface area (Å²) in [4.78, 5) is 10.4. The highest BCUT2D eigenvalue weighted by atomic mass is 16.4. The van der Waals surface area contributed by atoms with E-state index < -0.39 is 5.97 Å². The van der Waals surface area contributed by atoms with Gasteiger partial charge in [0.15, 0.2) is 0 Å². The van der Waals surface area contributed by atoms with E-state index in [0.29, 0.717) is 0 Å². The number of carbonyl (C=O) groups is 1. The summed E-state index contributed by atoms with van der Waals surface area (Å²) in [5.74, 6) is -0.778. The first-order chi connectivity index (χ1) is 5.58. The van der Waals surface area contributed by atoms with Gasteiger partial charge in [0.2, 0.25) is 0 Å². The van der Waals surface area contributed by atoms with Gasteiger partial charge in [0.1, 0.15) is 7.85 Å². The molecule has 0 aliphatic rings. The number of aliphatic carboxylic acids is 1. The molecule has 0 aliphatic heterocycles. The average molecular weight is 162 g/mol. The molecule has 0 aromatic heterocycles. The lowest BCUT2D eigenvalue weighted by molar-refractivity contribution is -0.136. The van der Waals surface area contributed by atoms with E-state index in [-0.39, 0.29) is 6.42 Å². The molecule has 0 saturated carbocycles. The molecular weight excluding hydrogens is 151 g/mol. The third-order valence-corrected chi connectivity index (χ3v) is 1.64. The predicted molar refractivity (Wildman–Crippen MR) is 50.7 cm³/mol. The summed E-state index contributed by atoms with van der Waals surface area (Å²) in [5.41, 5.74) is 3.11. The van der Waals surface area contributed by atoms with Crippen LogP contribution in [0, 0.1) is 6.92 Å². The van der Waals surface area contributed by atoms with E-state index in [2.05, 4.69) is 0 Å². The van der Waals surface area contributed by atoms with Crippen molar-refractivity contribution in [2.24, 2.45) is 0 Å². The molecule has 0 aliphatic carbocycles. The second kappa shape index (κ2) is 3.43. The Labute approximate surface area is 72.6 Å². The van der Waals surface area contributed by atoms with Crippen LogP contribution in [0.5, 0.6) is 0 Å². The van der Waals surface area contributed by atoms with Crippen molar-refractivity contribution in [1.82, 2.24) is 0 Å². The second-order valence-electron chi connectivity index (χ2n) is 3.07. The molecule has 0 amide bonds. The molecule has 62 valence electrons. The van der Waals surface area contributed by atoms with Crippen LogP contribution in [0.15, 0.2) is 18.2 Å². The fourth-order valence-corrected chi connectivity index (χ4v) is 1.35. The van der Waals surface area contributed by atoms with Gasteiger partial charge in [-0.15, -0.1) is 0 Å². The van der Waals surface area contributed by atoms with Gasteiger partial charge in [0, 0.05) is 0 Å². The van der Waals surface area contributed by atoms with E-state index in [4.69, 9.17) is 5.11 Å². The first-order valence-corrected chi connectivity index (χ1v) is 3.87. The largest absolute Gasteiger partial charge is 0.481 e. The van der Waals surface area contributed by atoms with Crippen molar-refractivity contribution in [1.29, 1.82) is 0 Å². The summed E-state index contributed by atoms with van der Waals surface area (Å²) in [6.45, 7) is 1.97. The molecule has 0 fully saturated rings. The first-order valence-electron chi connectivity index (χ1n) is 3.87. The van der Waals surface area contributed by atoms with Crippen molar-refractivity contribution < 1.29 is 9.90 Å². The van der Waals surface area contributed by atoms with Crippen molar-refractivity contribution >= 4 is 19.3 Å². The zero-order valence-electron chi connectivity index (χ0n) is 7.29. The maximum atomic E-state index is 10.4. The number of hydrogen-bond donors (Lipinski definition) is 1. The minimum atomic E-state index is -0.778. The lowest BCUT2D eigenvalue weighted by Gasteiger charge is -2.01. The minimum Gasteiger partial charge on any atom is -0.481 e. The molecule has 0 unspecified atom stereocenters. The number of aryl methyl sites for hydroxylation is 1. The molecular formula is C9H11BO2. The molecule has 0 heterocycles. The fourth-order valence-electron chi connectivity index (χ4n) is 1.35. The molecule has 0 radical (unpaired) electrons. The zero-order chi connectivity index (χ0) is 9.14. The topological polar surface area (TPSA) is 37.3 Å². The van der Waals surface area contributed by atoms with Crippen LogP contribution < -0.4 is 5.46 Å². The van der Waals surface area contributed by atoms with Gasteiger partial charge in [-0.2, -0.15) is 0 Å². The van der Waals surface area contributed by atoms with Crippen LogP contribution in [0.1, 0.15) is 11.1 Å². The first kappa shape index (κ1) is 8.85. The zero-order valence-corrected chi connectivity index (χ0v) is 7.29. The lowest BCUT2D eigenvalue weighted by atomic mass is 9.91. The van der Waals surface area contributed by atoms with Gasteiger partial charge < -0.3 is 5.11 Å². The molecule has 0 saturated heterocycles. The van der Waals surface area contributed by atoms with Gasteiger partial charge in [0.25, 0.3) is 0 Å². The summed E-state index contributed by atoms with van der Waals surface area (Å²) in [7, 11) is 1.97. The Balaban J connectivity index is 2.93. The maximum Gasteiger partial charge on any atom is 0.307 e. The number of hydrogen-bond acceptors (Lipinski definition) is 1. The van der Waals surface area contributed by atoms with E-state index in [9.17, 15) is 4.79 Å². The number of benzene rings is 1. The molecule has 0 bridgehead atoms. The summed E-state index contributed by atoms with van der Waals surface area (Å²) >= 11 is 0. The van der Waals surface area contributed by atoms with Gasteiger partial charge in [-0.05, 0) is 12.5 Å². The molecule has 2 nitrogen and oxygen atoms in total. The summed E-state index contributed by atoms with van der Waals surface area (Å²) in [6.07, 6.45) is 0.114. The fraction of sp³-hybridized carbons (Fsp3) is 0.222. The second-order valence-corrected chi connectivity index (χ2v) is 3.07. The molecule has 0 spiro atoms. The third-order valence-electron chi connectivity index (χ3n) is 1.64. The van der Waals surface area contributed by atoms with E-state index >= 15 is 0 Å². The number of rotatable bonds is 2. The highest BCUT2D eigenvalue weighted by Gasteiger charge is 2.00. The van der Waals surface area contributed by atoms with Crippen LogP contribution >= 0.6 is 0 Å². The number of carboxylic acid groups (broad SMARTS) is 1. The molecule has 1 aromatic carbocycles. The van der Waals surface area contributed by atoms with Crippen LogP contribution in [0.4, 0.5) is 0 Å². The average Bonchev–Trinajstić information content (AvgIpc) is 1.81. The van der Waals surface area contributed by atoms with Crippen LogP contribution in [0.3, 0.4) is 0 Å². The van der Waals surface area contributed by atoms with E-state index in [1.54, 1.807) is 0 Å². The maximum absolute atomic E-state index is 10.4. The van der Waals surface area contributed by atoms with Crippen LogP contribution in [0.25, 0.3) is 0 Å². The molecule has 1 aromatic rings. The highest BCUT2D eigenvalue weighted by Crippen LogP contribution is 2.02. The SMILES string of the molecule is Bc1cc(C)cc(CC(=O)O)c1. The van der Waals surface area contributed by atoms with Gasteiger partial charge in [0.05, 0.1) is 6.42 Å². The Morgan fingerprint density at radius 1 is 1.50 bits per heavy atom. The Bertz CT molecular complexity index is 287. The van der Waals surface area contributed by atoms with Crippen molar-refractivity contribution in [3.8, 4) is 0 Å². The number of carboxylic acids is 1. The summed E-state index contributed by atoms with van der Waals surface area (Å²) in [6, 6.07) is 5.84. The predicted octanol–water partition coefficient (Wildman–Crippen LogP) is -0.119. The van der Waals surface area contributed by atoms with Gasteiger partial charge in [-0.3, -0.25) is 4.79 Å². The smallest absolute Gasteiger partial charge is 0.307 e. The van der Waals surface area contributed by atoms with E-state index in [1.165, 1.54) is 0 Å². The molecule has 1 N–H and O–H groups in total. The van der Waals surface area contributed by atoms with Gasteiger partial charge in [-0.1, -0.05) is 29.2 Å². The normalized spacial score (nSPS) is 9.75. The van der Waals surface area contributed by atoms with Crippen molar-refractivity contribution in [2.75, 3.05) is 0 Å². The monoisotopic (exact) mass is 162 g/mol. The molecule has 1 rings (SSSR count).